The smallest absolute Gasteiger partial charge is 0.419 e. The van der Waals surface area contributed by atoms with Crippen LogP contribution in [0.5, 0.6) is 0 Å². The number of aliphatic imine (C=N–C) groups is 2. The molecule has 0 saturated carbocycles. The molecular weight excluding hydrogens is 496 g/mol. The molecule has 0 atom stereocenters. The third kappa shape index (κ3) is 7.49. The Bertz CT molecular complexity index is 1230. The van der Waals surface area contributed by atoms with Gasteiger partial charge >= 0.3 is 12.1 Å². The number of nitrogens with zero attached hydrogens (tertiary/aromatic N) is 3. The normalized spacial score (nSPS) is 11.3. The zero-order valence-corrected chi connectivity index (χ0v) is 21.7. The van der Waals surface area contributed by atoms with Gasteiger partial charge in [-0.3, -0.25) is 9.59 Å². The second-order valence-corrected chi connectivity index (χ2v) is 7.94. The Morgan fingerprint density at radius 2 is 1.92 bits per heavy atom. The third-order valence-electron chi connectivity index (χ3n) is 5.27. The molecule has 5 N–H and O–H groups in total. The number of amidine groups is 1. The lowest BCUT2D eigenvalue weighted by atomic mass is 10.1. The van der Waals surface area contributed by atoms with Crippen LogP contribution in [0.2, 0.25) is 0 Å². The summed E-state index contributed by atoms with van der Waals surface area (Å²) in [5.74, 6) is -1.69. The molecule has 204 valence electrons. The minimum atomic E-state index is -1.01. The monoisotopic (exact) mass is 528 g/mol. The molecule has 13 nitrogen and oxygen atoms in total. The maximum Gasteiger partial charge on any atom is 0.419 e. The number of H-pyrrole nitrogens is 1. The number of nitrogens with one attached hydrogen (secondary N) is 2. The molecule has 1 aromatic carbocycles. The predicted molar refractivity (Wildman–Crippen MR) is 139 cm³/mol. The Hall–Kier alpha value is -4.52. The van der Waals surface area contributed by atoms with Crippen molar-refractivity contribution in [2.75, 3.05) is 26.5 Å². The van der Waals surface area contributed by atoms with Gasteiger partial charge in [0.15, 0.2) is 5.84 Å². The maximum atomic E-state index is 13.2. The van der Waals surface area contributed by atoms with E-state index in [4.69, 9.17) is 15.6 Å². The van der Waals surface area contributed by atoms with Gasteiger partial charge in [0.1, 0.15) is 6.61 Å². The van der Waals surface area contributed by atoms with Crippen LogP contribution in [0, 0.1) is 13.8 Å². The molecule has 0 radical (unpaired) electrons. The van der Waals surface area contributed by atoms with Gasteiger partial charge in [-0.05, 0) is 50.5 Å². The van der Waals surface area contributed by atoms with E-state index in [1.807, 2.05) is 6.92 Å². The minimum Gasteiger partial charge on any atom is -0.426 e. The fourth-order valence-corrected chi connectivity index (χ4v) is 3.34. The molecule has 0 bridgehead atoms. The number of aliphatic hydroxyl groups is 1. The van der Waals surface area contributed by atoms with Gasteiger partial charge in [0.2, 0.25) is 6.79 Å². The van der Waals surface area contributed by atoms with Crippen LogP contribution in [0.15, 0.2) is 34.4 Å². The molecule has 0 unspecified atom stereocenters. The lowest BCUT2D eigenvalue weighted by Crippen LogP contribution is -2.38. The van der Waals surface area contributed by atoms with Crippen molar-refractivity contribution >= 4 is 41.7 Å². The minimum absolute atomic E-state index is 0.0467. The number of rotatable bonds is 10. The average molecular weight is 529 g/mol. The van der Waals surface area contributed by atoms with Crippen molar-refractivity contribution in [1.29, 1.82) is 0 Å². The number of amides is 3. The van der Waals surface area contributed by atoms with Gasteiger partial charge in [0.25, 0.3) is 11.8 Å². The van der Waals surface area contributed by atoms with E-state index in [0.29, 0.717) is 41.0 Å². The van der Waals surface area contributed by atoms with Gasteiger partial charge in [-0.25, -0.2) is 24.5 Å². The van der Waals surface area contributed by atoms with Crippen molar-refractivity contribution in [2.45, 2.75) is 34.1 Å². The number of aliphatic hydroxyl groups excluding tert-OH is 1. The Morgan fingerprint density at radius 1 is 1.18 bits per heavy atom. The van der Waals surface area contributed by atoms with Crippen LogP contribution >= 0.6 is 0 Å². The quantitative estimate of drug-likeness (QED) is 0.156. The van der Waals surface area contributed by atoms with E-state index in [0.717, 1.165) is 11.2 Å². The first-order valence-electron chi connectivity index (χ1n) is 11.8. The molecule has 2 aromatic rings. The largest absolute Gasteiger partial charge is 0.426 e. The molecule has 13 heteroatoms. The average Bonchev–Trinajstić information content (AvgIpc) is 3.28. The first-order valence-corrected chi connectivity index (χ1v) is 11.8. The molecular formula is C25H32N6O7. The number of hydrogen-bond acceptors (Lipinski definition) is 8. The Kier molecular flexibility index (Phi) is 11.2. The summed E-state index contributed by atoms with van der Waals surface area (Å²) in [7, 11) is 0. The van der Waals surface area contributed by atoms with E-state index in [1.54, 1.807) is 33.0 Å². The lowest BCUT2D eigenvalue weighted by molar-refractivity contribution is -0.155. The summed E-state index contributed by atoms with van der Waals surface area (Å²) < 4.78 is 9.37. The highest BCUT2D eigenvalue weighted by molar-refractivity contribution is 6.07. The summed E-state index contributed by atoms with van der Waals surface area (Å²) in [4.78, 5) is 61.7. The van der Waals surface area contributed by atoms with Crippen LogP contribution in [-0.2, 0) is 14.3 Å². The van der Waals surface area contributed by atoms with E-state index in [9.17, 15) is 19.2 Å². The van der Waals surface area contributed by atoms with Gasteiger partial charge in [0, 0.05) is 24.8 Å². The van der Waals surface area contributed by atoms with Crippen molar-refractivity contribution in [3.05, 3.63) is 52.3 Å². The van der Waals surface area contributed by atoms with Gasteiger partial charge in [0.05, 0.1) is 23.3 Å². The van der Waals surface area contributed by atoms with Crippen molar-refractivity contribution in [3.63, 3.8) is 0 Å². The highest BCUT2D eigenvalue weighted by Gasteiger charge is 2.25. The lowest BCUT2D eigenvalue weighted by Gasteiger charge is -2.20. The molecule has 0 spiro atoms. The predicted octanol–water partition coefficient (Wildman–Crippen LogP) is 1.93. The van der Waals surface area contributed by atoms with Crippen molar-refractivity contribution in [1.82, 2.24) is 15.2 Å². The van der Waals surface area contributed by atoms with Crippen molar-refractivity contribution in [2.24, 2.45) is 15.7 Å². The number of esters is 1. The molecule has 2 rings (SSSR count). The molecule has 3 amide bonds. The number of carbonyl (C=O) groups excluding carboxylic acids is 4. The Morgan fingerprint density at radius 3 is 2.55 bits per heavy atom. The number of aryl methyl sites for hydroxylation is 1. The third-order valence-corrected chi connectivity index (χ3v) is 5.27. The Balaban J connectivity index is 2.40. The van der Waals surface area contributed by atoms with E-state index >= 15 is 0 Å². The second kappa shape index (κ2) is 14.3. The highest BCUT2D eigenvalue weighted by Crippen LogP contribution is 2.24. The van der Waals surface area contributed by atoms with Gasteiger partial charge in [-0.2, -0.15) is 0 Å². The number of aromatic amines is 1. The molecule has 1 heterocycles. The fourth-order valence-electron chi connectivity index (χ4n) is 3.34. The highest BCUT2D eigenvalue weighted by atomic mass is 16.7. The first-order chi connectivity index (χ1) is 18.2. The summed E-state index contributed by atoms with van der Waals surface area (Å²) in [5.41, 5.74) is 8.31. The summed E-state index contributed by atoms with van der Waals surface area (Å²) in [6, 6.07) is 4.70. The fraction of sp³-hybridized carbons (Fsp3) is 0.360. The summed E-state index contributed by atoms with van der Waals surface area (Å²) in [6.45, 7) is 6.02. The van der Waals surface area contributed by atoms with E-state index < -0.39 is 31.4 Å². The molecule has 0 aliphatic rings. The standard InChI is InChI=1S/C25H32N6O7/c1-5-9-31(25(36)38-14-37-20(33)12-32)24(35)17-8-7-15(3)19(10-17)30-22(29-13-26)21-16(4)18(11-28-21)23(34)27-6-2/h7-8,10-11,13,28,32H,5-6,9,12,14H2,1-4H3,(H,27,34)(H2,26,29,30). The van der Waals surface area contributed by atoms with Crippen LogP contribution in [-0.4, -0.2) is 77.5 Å². The van der Waals surface area contributed by atoms with E-state index in [-0.39, 0.29) is 23.9 Å². The van der Waals surface area contributed by atoms with Crippen LogP contribution in [0.3, 0.4) is 0 Å². The number of aromatic nitrogens is 1. The van der Waals surface area contributed by atoms with Crippen molar-refractivity contribution in [3.8, 4) is 0 Å². The number of benzene rings is 1. The number of carbonyl (C=O) groups is 4. The summed E-state index contributed by atoms with van der Waals surface area (Å²) >= 11 is 0. The van der Waals surface area contributed by atoms with Gasteiger partial charge in [-0.15, -0.1) is 0 Å². The first kappa shape index (κ1) is 29.7. The molecule has 0 fully saturated rings. The molecule has 0 saturated heterocycles. The van der Waals surface area contributed by atoms with Gasteiger partial charge in [-0.1, -0.05) is 13.0 Å². The molecule has 0 aliphatic carbocycles. The summed E-state index contributed by atoms with van der Waals surface area (Å²) in [6.07, 6.45) is 2.05. The zero-order chi connectivity index (χ0) is 28.2. The van der Waals surface area contributed by atoms with Crippen molar-refractivity contribution < 1.29 is 33.8 Å². The molecule has 1 aromatic heterocycles. The number of imide groups is 1. The topological polar surface area (TPSA) is 189 Å². The zero-order valence-electron chi connectivity index (χ0n) is 21.7. The van der Waals surface area contributed by atoms with Crippen LogP contribution < -0.4 is 11.1 Å². The summed E-state index contributed by atoms with van der Waals surface area (Å²) in [5, 5.41) is 11.4. The van der Waals surface area contributed by atoms with E-state index in [2.05, 4.69) is 25.0 Å². The van der Waals surface area contributed by atoms with E-state index in [1.165, 1.54) is 12.1 Å². The second-order valence-electron chi connectivity index (χ2n) is 7.94. The number of ether oxygens (including phenoxy) is 2. The molecule has 38 heavy (non-hydrogen) atoms. The number of hydrogen-bond donors (Lipinski definition) is 4. The van der Waals surface area contributed by atoms with Crippen LogP contribution in [0.1, 0.15) is 57.8 Å². The number of nitrogens with two attached hydrogens (primary N) is 1. The van der Waals surface area contributed by atoms with Crippen LogP contribution in [0.4, 0.5) is 10.5 Å². The maximum absolute atomic E-state index is 13.2. The van der Waals surface area contributed by atoms with Crippen LogP contribution in [0.25, 0.3) is 0 Å². The molecule has 0 aliphatic heterocycles. The SMILES string of the molecule is CCCN(C(=O)OCOC(=O)CO)C(=O)c1ccc(C)c(N=C(N=CN)c2[nH]cc(C(=O)NCC)c2C)c1. The van der Waals surface area contributed by atoms with Gasteiger partial charge < -0.3 is 30.6 Å². The Labute approximate surface area is 219 Å².